The molecule has 0 aliphatic carbocycles. The lowest BCUT2D eigenvalue weighted by Gasteiger charge is -2.12. The molecule has 13 heavy (non-hydrogen) atoms. The van der Waals surface area contributed by atoms with Gasteiger partial charge in [-0.15, -0.1) is 0 Å². The van der Waals surface area contributed by atoms with Crippen LogP contribution >= 0.6 is 0 Å². The third-order valence-electron chi connectivity index (χ3n) is 2.06. The summed E-state index contributed by atoms with van der Waals surface area (Å²) >= 11 is 0. The van der Waals surface area contributed by atoms with Crippen LogP contribution in [0.15, 0.2) is 18.2 Å². The Morgan fingerprint density at radius 2 is 1.77 bits per heavy atom. The zero-order chi connectivity index (χ0) is 9.84. The SMILES string of the molecule is COc1ccc(OC)c([SiH](C)C)c1. The van der Waals surface area contributed by atoms with E-state index in [0.717, 1.165) is 11.5 Å². The molecule has 0 heterocycles. The molecule has 0 aromatic heterocycles. The number of ether oxygens (including phenoxy) is 2. The first-order valence-corrected chi connectivity index (χ1v) is 7.29. The maximum Gasteiger partial charge on any atom is 0.119 e. The van der Waals surface area contributed by atoms with Gasteiger partial charge in [-0.3, -0.25) is 0 Å². The van der Waals surface area contributed by atoms with Gasteiger partial charge in [-0.25, -0.2) is 0 Å². The van der Waals surface area contributed by atoms with Gasteiger partial charge in [-0.1, -0.05) is 13.1 Å². The van der Waals surface area contributed by atoms with Gasteiger partial charge in [-0.2, -0.15) is 0 Å². The van der Waals surface area contributed by atoms with Crippen molar-refractivity contribution in [1.82, 2.24) is 0 Å². The lowest BCUT2D eigenvalue weighted by Crippen LogP contribution is -2.24. The Balaban J connectivity index is 3.10. The molecule has 0 saturated carbocycles. The minimum absolute atomic E-state index is 0.833. The summed E-state index contributed by atoms with van der Waals surface area (Å²) in [5, 5.41) is 1.32. The Labute approximate surface area is 81.1 Å². The van der Waals surface area contributed by atoms with Gasteiger partial charge < -0.3 is 9.47 Å². The van der Waals surface area contributed by atoms with Crippen LogP contribution in [0.4, 0.5) is 0 Å². The molecule has 0 aliphatic heterocycles. The highest BCUT2D eigenvalue weighted by Crippen LogP contribution is 2.15. The summed E-state index contributed by atoms with van der Waals surface area (Å²) in [6.45, 7) is 4.55. The van der Waals surface area contributed by atoms with Crippen LogP contribution in [0.1, 0.15) is 0 Å². The minimum Gasteiger partial charge on any atom is -0.497 e. The predicted molar refractivity (Wildman–Crippen MR) is 58.1 cm³/mol. The molecule has 0 unspecified atom stereocenters. The minimum atomic E-state index is -0.833. The second kappa shape index (κ2) is 4.32. The van der Waals surface area contributed by atoms with Gasteiger partial charge in [-0.05, 0) is 23.4 Å². The highest BCUT2D eigenvalue weighted by atomic mass is 28.3. The fraction of sp³-hybridized carbons (Fsp3) is 0.400. The van der Waals surface area contributed by atoms with E-state index in [1.807, 2.05) is 12.1 Å². The molecule has 3 heteroatoms. The molecule has 0 saturated heterocycles. The van der Waals surface area contributed by atoms with E-state index in [-0.39, 0.29) is 0 Å². The van der Waals surface area contributed by atoms with E-state index >= 15 is 0 Å². The first-order valence-electron chi connectivity index (χ1n) is 4.41. The molecule has 0 fully saturated rings. The smallest absolute Gasteiger partial charge is 0.119 e. The second-order valence-corrected chi connectivity index (χ2v) is 6.19. The number of methoxy groups -OCH3 is 2. The summed E-state index contributed by atoms with van der Waals surface area (Å²) in [5.41, 5.74) is 0. The number of rotatable bonds is 3. The topological polar surface area (TPSA) is 18.5 Å². The quantitative estimate of drug-likeness (QED) is 0.680. The van der Waals surface area contributed by atoms with Crippen molar-refractivity contribution in [3.8, 4) is 11.5 Å². The third-order valence-corrected chi connectivity index (χ3v) is 3.75. The van der Waals surface area contributed by atoms with Crippen LogP contribution in [0.25, 0.3) is 0 Å². The molecule has 1 aromatic rings. The van der Waals surface area contributed by atoms with Gasteiger partial charge in [0.2, 0.25) is 0 Å². The van der Waals surface area contributed by atoms with Gasteiger partial charge in [0.15, 0.2) is 0 Å². The molecule has 0 N–H and O–H groups in total. The lowest BCUT2D eigenvalue weighted by molar-refractivity contribution is 0.405. The van der Waals surface area contributed by atoms with Crippen LogP contribution in [0, 0.1) is 0 Å². The summed E-state index contributed by atoms with van der Waals surface area (Å²) in [7, 11) is 2.57. The normalized spacial score (nSPS) is 10.2. The molecule has 0 radical (unpaired) electrons. The fourth-order valence-corrected chi connectivity index (χ4v) is 2.57. The van der Waals surface area contributed by atoms with Crippen molar-refractivity contribution in [2.75, 3.05) is 14.2 Å². The monoisotopic (exact) mass is 196 g/mol. The first-order chi connectivity index (χ1) is 6.19. The zero-order valence-electron chi connectivity index (χ0n) is 8.63. The van der Waals surface area contributed by atoms with Gasteiger partial charge in [0.25, 0.3) is 0 Å². The standard InChI is InChI=1S/C10H16O2Si/c1-11-8-5-6-9(12-2)10(7-8)13(3)4/h5-7,13H,1-4H3. The lowest BCUT2D eigenvalue weighted by atomic mass is 10.3. The van der Waals surface area contributed by atoms with Crippen molar-refractivity contribution in [2.45, 2.75) is 13.1 Å². The second-order valence-electron chi connectivity index (χ2n) is 3.26. The highest BCUT2D eigenvalue weighted by Gasteiger charge is 2.08. The van der Waals surface area contributed by atoms with Crippen molar-refractivity contribution in [3.05, 3.63) is 18.2 Å². The molecule has 1 rings (SSSR count). The van der Waals surface area contributed by atoms with E-state index in [1.165, 1.54) is 5.19 Å². The fourth-order valence-electron chi connectivity index (χ4n) is 1.29. The molecule has 0 aliphatic rings. The van der Waals surface area contributed by atoms with Crippen molar-refractivity contribution in [2.24, 2.45) is 0 Å². The Kier molecular flexibility index (Phi) is 3.37. The largest absolute Gasteiger partial charge is 0.497 e. The van der Waals surface area contributed by atoms with Crippen molar-refractivity contribution in [3.63, 3.8) is 0 Å². The maximum atomic E-state index is 5.29. The van der Waals surface area contributed by atoms with E-state index in [9.17, 15) is 0 Å². The molecular formula is C10H16O2Si. The van der Waals surface area contributed by atoms with E-state index in [2.05, 4.69) is 19.2 Å². The van der Waals surface area contributed by atoms with Gasteiger partial charge >= 0.3 is 0 Å². The third kappa shape index (κ3) is 2.25. The number of hydrogen-bond acceptors (Lipinski definition) is 2. The number of hydrogen-bond donors (Lipinski definition) is 0. The van der Waals surface area contributed by atoms with Gasteiger partial charge in [0.1, 0.15) is 11.5 Å². The summed E-state index contributed by atoms with van der Waals surface area (Å²) in [6.07, 6.45) is 0. The summed E-state index contributed by atoms with van der Waals surface area (Å²) in [4.78, 5) is 0. The summed E-state index contributed by atoms with van der Waals surface area (Å²) in [6, 6.07) is 5.98. The molecule has 0 bridgehead atoms. The van der Waals surface area contributed by atoms with E-state index < -0.39 is 8.80 Å². The number of benzene rings is 1. The molecule has 0 atom stereocenters. The van der Waals surface area contributed by atoms with E-state index in [4.69, 9.17) is 9.47 Å². The van der Waals surface area contributed by atoms with Crippen LogP contribution in [0.3, 0.4) is 0 Å². The Bertz CT molecular complexity index is 284. The average Bonchev–Trinajstić information content (AvgIpc) is 2.16. The molecule has 0 amide bonds. The molecule has 0 spiro atoms. The van der Waals surface area contributed by atoms with Crippen molar-refractivity contribution >= 4 is 14.0 Å². The van der Waals surface area contributed by atoms with Crippen LogP contribution in [0.5, 0.6) is 11.5 Å². The Morgan fingerprint density at radius 3 is 2.23 bits per heavy atom. The van der Waals surface area contributed by atoms with Crippen LogP contribution in [0.2, 0.25) is 13.1 Å². The summed E-state index contributed by atoms with van der Waals surface area (Å²) in [5.74, 6) is 1.90. The summed E-state index contributed by atoms with van der Waals surface area (Å²) < 4.78 is 10.5. The van der Waals surface area contributed by atoms with Crippen LogP contribution < -0.4 is 14.7 Å². The van der Waals surface area contributed by atoms with E-state index in [1.54, 1.807) is 14.2 Å². The Hall–Kier alpha value is -0.963. The van der Waals surface area contributed by atoms with Gasteiger partial charge in [0.05, 0.1) is 23.0 Å². The molecule has 72 valence electrons. The first kappa shape index (κ1) is 10.1. The van der Waals surface area contributed by atoms with Crippen molar-refractivity contribution in [1.29, 1.82) is 0 Å². The molecular weight excluding hydrogens is 180 g/mol. The average molecular weight is 196 g/mol. The zero-order valence-corrected chi connectivity index (χ0v) is 9.78. The Morgan fingerprint density at radius 1 is 1.08 bits per heavy atom. The maximum absolute atomic E-state index is 5.29. The van der Waals surface area contributed by atoms with Crippen LogP contribution in [-0.2, 0) is 0 Å². The molecule has 1 aromatic carbocycles. The predicted octanol–water partition coefficient (Wildman–Crippen LogP) is 1.40. The highest BCUT2D eigenvalue weighted by molar-refractivity contribution is 6.71. The van der Waals surface area contributed by atoms with Gasteiger partial charge in [0, 0.05) is 0 Å². The molecule has 2 nitrogen and oxygen atoms in total. The van der Waals surface area contributed by atoms with Crippen molar-refractivity contribution < 1.29 is 9.47 Å². The van der Waals surface area contributed by atoms with E-state index in [0.29, 0.717) is 0 Å². The van der Waals surface area contributed by atoms with Crippen LogP contribution in [-0.4, -0.2) is 23.0 Å².